The Morgan fingerprint density at radius 2 is 2.03 bits per heavy atom. The molecule has 168 valence electrons. The molecule has 0 aromatic carbocycles. The molecule has 3 aliphatic rings. The van der Waals surface area contributed by atoms with E-state index in [0.29, 0.717) is 14.6 Å². The molecule has 0 spiro atoms. The minimum atomic E-state index is 0.0398. The fraction of sp³-hybridized carbons (Fsp3) is 0.458. The van der Waals surface area contributed by atoms with E-state index in [1.54, 1.807) is 6.08 Å². The topological polar surface area (TPSA) is 57.0 Å². The number of likely N-dealkylation sites (N-methyl/N-ethyl adjacent to an activating group) is 1. The van der Waals surface area contributed by atoms with E-state index in [1.807, 2.05) is 22.5 Å². The molecule has 2 aromatic heterocycles. The first-order chi connectivity index (χ1) is 15.3. The molecule has 0 N–H and O–H groups in total. The van der Waals surface area contributed by atoms with E-state index >= 15 is 0 Å². The summed E-state index contributed by atoms with van der Waals surface area (Å²) < 4.78 is 1.91. The lowest BCUT2D eigenvalue weighted by Crippen LogP contribution is -2.50. The molecule has 3 unspecified atom stereocenters. The number of fused-ring (bicyclic) bond motifs is 2. The fourth-order valence-corrected chi connectivity index (χ4v) is 6.15. The lowest BCUT2D eigenvalue weighted by Gasteiger charge is -2.43. The summed E-state index contributed by atoms with van der Waals surface area (Å²) in [6, 6.07) is 2.59. The highest BCUT2D eigenvalue weighted by Gasteiger charge is 2.34. The normalized spacial score (nSPS) is 25.2. The predicted molar refractivity (Wildman–Crippen MR) is 130 cm³/mol. The van der Waals surface area contributed by atoms with Crippen LogP contribution in [0.2, 0.25) is 0 Å². The van der Waals surface area contributed by atoms with Crippen molar-refractivity contribution >= 4 is 25.3 Å². The second-order valence-electron chi connectivity index (χ2n) is 9.11. The molecule has 5 rings (SSSR count). The molecule has 1 fully saturated rings. The number of hydrogen-bond acceptors (Lipinski definition) is 5. The van der Waals surface area contributed by atoms with Crippen molar-refractivity contribution in [3.8, 4) is 0 Å². The van der Waals surface area contributed by atoms with Gasteiger partial charge in [-0.25, -0.2) is 4.52 Å². The SMILES string of the molecule is CCc1nc(C)cn2nc(C3=CC(=O)N4C=C(N5CCN(C)C(C)C5)C=C(C)C4P3)cc12. The van der Waals surface area contributed by atoms with Crippen LogP contribution in [-0.2, 0) is 11.2 Å². The van der Waals surface area contributed by atoms with E-state index in [0.717, 1.165) is 59.7 Å². The van der Waals surface area contributed by atoms with Crippen LogP contribution < -0.4 is 0 Å². The standard InChI is InChI=1S/C24H31N6OP/c1-6-19-21-10-20(26-30(21)12-16(3)25-19)22-11-23(31)29-14-18(9-15(2)24(29)32-22)28-8-7-27(5)17(4)13-28/h9-12,14,17,24,32H,6-8,13H2,1-5H3. The average Bonchev–Trinajstić information content (AvgIpc) is 3.19. The first-order valence-electron chi connectivity index (χ1n) is 11.4. The van der Waals surface area contributed by atoms with E-state index in [4.69, 9.17) is 5.10 Å². The van der Waals surface area contributed by atoms with Gasteiger partial charge in [0.1, 0.15) is 0 Å². The van der Waals surface area contributed by atoms with Crippen LogP contribution >= 0.6 is 8.58 Å². The Balaban J connectivity index is 1.45. The first-order valence-corrected chi connectivity index (χ1v) is 12.4. The molecule has 1 saturated heterocycles. The predicted octanol–water partition coefficient (Wildman–Crippen LogP) is 3.23. The van der Waals surface area contributed by atoms with E-state index in [-0.39, 0.29) is 11.7 Å². The average molecular weight is 451 g/mol. The summed E-state index contributed by atoms with van der Waals surface area (Å²) in [4.78, 5) is 24.6. The molecule has 0 saturated carbocycles. The third-order valence-electron chi connectivity index (χ3n) is 6.76. The Hall–Kier alpha value is -2.50. The van der Waals surface area contributed by atoms with Gasteiger partial charge in [0.2, 0.25) is 0 Å². The largest absolute Gasteiger partial charge is 0.368 e. The molecule has 0 aliphatic carbocycles. The van der Waals surface area contributed by atoms with Crippen LogP contribution in [-0.4, -0.2) is 73.7 Å². The summed E-state index contributed by atoms with van der Waals surface area (Å²) in [6.07, 6.45) is 8.92. The second kappa shape index (κ2) is 8.13. The first kappa shape index (κ1) is 21.4. The van der Waals surface area contributed by atoms with Crippen LogP contribution in [0.4, 0.5) is 0 Å². The maximum Gasteiger partial charge on any atom is 0.252 e. The fourth-order valence-electron chi connectivity index (χ4n) is 4.73. The van der Waals surface area contributed by atoms with Crippen molar-refractivity contribution in [1.29, 1.82) is 0 Å². The number of allylic oxidation sites excluding steroid dienone is 1. The smallest absolute Gasteiger partial charge is 0.252 e. The van der Waals surface area contributed by atoms with E-state index in [2.05, 4.69) is 60.9 Å². The number of piperazine rings is 1. The zero-order chi connectivity index (χ0) is 22.6. The number of hydrogen-bond donors (Lipinski definition) is 0. The number of carbonyl (C=O) groups is 1. The monoisotopic (exact) mass is 450 g/mol. The second-order valence-corrected chi connectivity index (χ2v) is 10.5. The number of amides is 1. The molecule has 0 radical (unpaired) electrons. The Morgan fingerprint density at radius 3 is 2.78 bits per heavy atom. The van der Waals surface area contributed by atoms with E-state index in [9.17, 15) is 4.79 Å². The van der Waals surface area contributed by atoms with Gasteiger partial charge in [-0.15, -0.1) is 0 Å². The highest BCUT2D eigenvalue weighted by Crippen LogP contribution is 2.47. The molecule has 32 heavy (non-hydrogen) atoms. The van der Waals surface area contributed by atoms with E-state index < -0.39 is 0 Å². The van der Waals surface area contributed by atoms with Crippen molar-refractivity contribution in [1.82, 2.24) is 29.3 Å². The Labute approximate surface area is 191 Å². The van der Waals surface area contributed by atoms with Crippen LogP contribution in [0.1, 0.15) is 37.9 Å². The van der Waals surface area contributed by atoms with Gasteiger partial charge >= 0.3 is 0 Å². The Kier molecular flexibility index (Phi) is 5.42. The summed E-state index contributed by atoms with van der Waals surface area (Å²) in [7, 11) is 2.64. The maximum absolute atomic E-state index is 13.2. The molecule has 8 heteroatoms. The minimum Gasteiger partial charge on any atom is -0.368 e. The van der Waals surface area contributed by atoms with Crippen molar-refractivity contribution in [2.75, 3.05) is 26.7 Å². The van der Waals surface area contributed by atoms with Gasteiger partial charge in [-0.05, 0) is 52.0 Å². The van der Waals surface area contributed by atoms with Crippen LogP contribution in [0.25, 0.3) is 10.8 Å². The zero-order valence-electron chi connectivity index (χ0n) is 19.5. The van der Waals surface area contributed by atoms with Gasteiger partial charge in [0.05, 0.1) is 40.3 Å². The highest BCUT2D eigenvalue weighted by molar-refractivity contribution is 7.51. The number of rotatable bonds is 3. The summed E-state index contributed by atoms with van der Waals surface area (Å²) in [5.41, 5.74) is 6.29. The quantitative estimate of drug-likeness (QED) is 0.672. The maximum atomic E-state index is 13.2. The molecule has 5 heterocycles. The van der Waals surface area contributed by atoms with Crippen molar-refractivity contribution in [3.05, 3.63) is 59.0 Å². The molecule has 3 aliphatic heterocycles. The highest BCUT2D eigenvalue weighted by atomic mass is 31.1. The third-order valence-corrected chi connectivity index (χ3v) is 8.48. The molecule has 0 bridgehead atoms. The van der Waals surface area contributed by atoms with Gasteiger partial charge in [-0.1, -0.05) is 15.5 Å². The number of carbonyl (C=O) groups excluding carboxylic acids is 1. The molecular weight excluding hydrogens is 419 g/mol. The lowest BCUT2D eigenvalue weighted by atomic mass is 10.1. The van der Waals surface area contributed by atoms with Crippen molar-refractivity contribution in [3.63, 3.8) is 0 Å². The van der Waals surface area contributed by atoms with Crippen molar-refractivity contribution in [2.24, 2.45) is 0 Å². The van der Waals surface area contributed by atoms with Gasteiger partial charge in [0.15, 0.2) is 0 Å². The summed E-state index contributed by atoms with van der Waals surface area (Å²) in [5.74, 6) is 0.115. The van der Waals surface area contributed by atoms with E-state index in [1.165, 1.54) is 5.57 Å². The van der Waals surface area contributed by atoms with Crippen LogP contribution in [0.3, 0.4) is 0 Å². The third kappa shape index (κ3) is 3.67. The molecule has 7 nitrogen and oxygen atoms in total. The van der Waals surface area contributed by atoms with Gasteiger partial charge in [-0.3, -0.25) is 9.78 Å². The zero-order valence-corrected chi connectivity index (χ0v) is 20.5. The van der Waals surface area contributed by atoms with Crippen LogP contribution in [0.15, 0.2) is 41.9 Å². The Bertz CT molecular complexity index is 1180. The number of nitrogens with zero attached hydrogens (tertiary/aromatic N) is 6. The van der Waals surface area contributed by atoms with Gasteiger partial charge in [0.25, 0.3) is 5.91 Å². The summed E-state index contributed by atoms with van der Waals surface area (Å²) in [5, 5.41) is 5.83. The molecule has 3 atom stereocenters. The number of aryl methyl sites for hydroxylation is 2. The minimum absolute atomic E-state index is 0.0398. The van der Waals surface area contributed by atoms with Gasteiger partial charge in [0, 0.05) is 43.3 Å². The molecule has 2 aromatic rings. The molecular formula is C24H31N6OP. The lowest BCUT2D eigenvalue weighted by molar-refractivity contribution is -0.124. The molecule has 1 amide bonds. The number of aromatic nitrogens is 3. The van der Waals surface area contributed by atoms with Crippen molar-refractivity contribution in [2.45, 2.75) is 45.9 Å². The van der Waals surface area contributed by atoms with Crippen molar-refractivity contribution < 1.29 is 4.79 Å². The van der Waals surface area contributed by atoms with Gasteiger partial charge in [-0.2, -0.15) is 5.10 Å². The van der Waals surface area contributed by atoms with Crippen LogP contribution in [0, 0.1) is 6.92 Å². The Morgan fingerprint density at radius 1 is 1.22 bits per heavy atom. The van der Waals surface area contributed by atoms with Crippen LogP contribution in [0.5, 0.6) is 0 Å². The van der Waals surface area contributed by atoms with Gasteiger partial charge < -0.3 is 14.7 Å². The summed E-state index contributed by atoms with van der Waals surface area (Å²) >= 11 is 0. The summed E-state index contributed by atoms with van der Waals surface area (Å²) in [6.45, 7) is 11.5.